The van der Waals surface area contributed by atoms with Gasteiger partial charge in [-0.2, -0.15) is 13.1 Å². The molecule has 1 aliphatic rings. The van der Waals surface area contributed by atoms with Crippen LogP contribution in [0.3, 0.4) is 0 Å². The van der Waals surface area contributed by atoms with E-state index in [1.54, 1.807) is 24.3 Å². The van der Waals surface area contributed by atoms with Crippen molar-refractivity contribution in [2.24, 2.45) is 0 Å². The standard InChI is InChI=1S/C13H16ClF2N3O3S/c14-9-12(20)17-10-1-3-11(4-2-10)18-5-7-19(8-6-18)23(21,22)13(15)16/h1-4,13H,5-9H2,(H,17,20). The summed E-state index contributed by atoms with van der Waals surface area (Å²) in [5.41, 5.74) is 1.42. The van der Waals surface area contributed by atoms with E-state index in [4.69, 9.17) is 11.6 Å². The van der Waals surface area contributed by atoms with E-state index in [2.05, 4.69) is 5.32 Å². The number of anilines is 2. The molecule has 1 aromatic carbocycles. The highest BCUT2D eigenvalue weighted by Gasteiger charge is 2.34. The second-order valence-electron chi connectivity index (χ2n) is 4.92. The zero-order chi connectivity index (χ0) is 17.0. The van der Waals surface area contributed by atoms with E-state index >= 15 is 0 Å². The van der Waals surface area contributed by atoms with Crippen LogP contribution in [0.2, 0.25) is 0 Å². The first-order valence-corrected chi connectivity index (χ1v) is 8.86. The first kappa shape index (κ1) is 17.9. The van der Waals surface area contributed by atoms with Crippen LogP contribution in [0.1, 0.15) is 0 Å². The number of piperazine rings is 1. The highest BCUT2D eigenvalue weighted by Crippen LogP contribution is 2.21. The van der Waals surface area contributed by atoms with E-state index < -0.39 is 15.8 Å². The number of benzene rings is 1. The molecule has 10 heteroatoms. The number of carbonyl (C=O) groups is 1. The van der Waals surface area contributed by atoms with Crippen molar-refractivity contribution in [1.29, 1.82) is 0 Å². The number of nitrogens with zero attached hydrogens (tertiary/aromatic N) is 2. The number of hydrogen-bond donors (Lipinski definition) is 1. The van der Waals surface area contributed by atoms with Gasteiger partial charge in [0.15, 0.2) is 0 Å². The van der Waals surface area contributed by atoms with Crippen molar-refractivity contribution in [3.63, 3.8) is 0 Å². The van der Waals surface area contributed by atoms with Crippen LogP contribution in [-0.2, 0) is 14.8 Å². The minimum Gasteiger partial charge on any atom is -0.369 e. The molecule has 0 aromatic heterocycles. The number of hydrogen-bond acceptors (Lipinski definition) is 4. The predicted molar refractivity (Wildman–Crippen MR) is 84.5 cm³/mol. The molecule has 2 rings (SSSR count). The number of sulfonamides is 1. The molecule has 128 valence electrons. The maximum atomic E-state index is 12.5. The van der Waals surface area contributed by atoms with Crippen molar-refractivity contribution >= 4 is 38.9 Å². The highest BCUT2D eigenvalue weighted by atomic mass is 35.5. The van der Waals surface area contributed by atoms with Gasteiger partial charge in [0.1, 0.15) is 5.88 Å². The maximum absolute atomic E-state index is 12.5. The topological polar surface area (TPSA) is 69.7 Å². The Morgan fingerprint density at radius 3 is 2.22 bits per heavy atom. The zero-order valence-electron chi connectivity index (χ0n) is 12.1. The molecule has 0 bridgehead atoms. The van der Waals surface area contributed by atoms with Gasteiger partial charge in [0, 0.05) is 37.6 Å². The molecule has 0 spiro atoms. The summed E-state index contributed by atoms with van der Waals surface area (Å²) in [4.78, 5) is 13.1. The van der Waals surface area contributed by atoms with Gasteiger partial charge in [0.05, 0.1) is 0 Å². The predicted octanol–water partition coefficient (Wildman–Crippen LogP) is 1.54. The summed E-state index contributed by atoms with van der Waals surface area (Å²) in [6, 6.07) is 6.92. The van der Waals surface area contributed by atoms with Crippen molar-refractivity contribution in [1.82, 2.24) is 4.31 Å². The van der Waals surface area contributed by atoms with Crippen LogP contribution in [0, 0.1) is 0 Å². The third-order valence-electron chi connectivity index (χ3n) is 3.46. The van der Waals surface area contributed by atoms with Crippen molar-refractivity contribution in [3.05, 3.63) is 24.3 Å². The molecule has 0 unspecified atom stereocenters. The number of amides is 1. The van der Waals surface area contributed by atoms with E-state index in [9.17, 15) is 22.0 Å². The number of alkyl halides is 3. The molecule has 1 N–H and O–H groups in total. The fourth-order valence-electron chi connectivity index (χ4n) is 2.26. The summed E-state index contributed by atoms with van der Waals surface area (Å²) in [5.74, 6) is -3.84. The molecule has 0 atom stereocenters. The van der Waals surface area contributed by atoms with E-state index in [1.807, 2.05) is 4.90 Å². The lowest BCUT2D eigenvalue weighted by atomic mass is 10.2. The Morgan fingerprint density at radius 1 is 1.17 bits per heavy atom. The summed E-state index contributed by atoms with van der Waals surface area (Å²) in [7, 11) is -4.52. The van der Waals surface area contributed by atoms with Crippen LogP contribution >= 0.6 is 11.6 Å². The monoisotopic (exact) mass is 367 g/mol. The summed E-state index contributed by atoms with van der Waals surface area (Å²) < 4.78 is 48.6. The molecule has 0 saturated carbocycles. The first-order chi connectivity index (χ1) is 10.8. The average Bonchev–Trinajstić information content (AvgIpc) is 2.55. The molecule has 1 aromatic rings. The van der Waals surface area contributed by atoms with E-state index in [0.717, 1.165) is 9.99 Å². The largest absolute Gasteiger partial charge is 0.369 e. The molecule has 1 amide bonds. The van der Waals surface area contributed by atoms with Crippen LogP contribution in [-0.4, -0.2) is 56.4 Å². The van der Waals surface area contributed by atoms with Crippen LogP contribution in [0.15, 0.2) is 24.3 Å². The number of carbonyl (C=O) groups excluding carboxylic acids is 1. The van der Waals surface area contributed by atoms with Gasteiger partial charge in [-0.3, -0.25) is 4.79 Å². The minimum atomic E-state index is -4.52. The Kier molecular flexibility index (Phi) is 5.77. The zero-order valence-corrected chi connectivity index (χ0v) is 13.7. The summed E-state index contributed by atoms with van der Waals surface area (Å²) in [6.07, 6.45) is 0. The molecule has 1 aliphatic heterocycles. The van der Waals surface area contributed by atoms with Crippen molar-refractivity contribution in [3.8, 4) is 0 Å². The Hall–Kier alpha value is -1.45. The van der Waals surface area contributed by atoms with Gasteiger partial charge in [-0.15, -0.1) is 11.6 Å². The third-order valence-corrected chi connectivity index (χ3v) is 5.24. The molecule has 6 nitrogen and oxygen atoms in total. The molecule has 0 radical (unpaired) electrons. The summed E-state index contributed by atoms with van der Waals surface area (Å²) in [5, 5.41) is 2.60. The van der Waals surface area contributed by atoms with Crippen LogP contribution < -0.4 is 10.2 Å². The van der Waals surface area contributed by atoms with E-state index in [-0.39, 0.29) is 24.9 Å². The van der Waals surface area contributed by atoms with Gasteiger partial charge in [-0.25, -0.2) is 8.42 Å². The lowest BCUT2D eigenvalue weighted by Gasteiger charge is -2.35. The summed E-state index contributed by atoms with van der Waals surface area (Å²) in [6.45, 7) is 0.660. The van der Waals surface area contributed by atoms with E-state index in [1.165, 1.54) is 0 Å². The van der Waals surface area contributed by atoms with Gasteiger partial charge in [-0.05, 0) is 24.3 Å². The van der Waals surface area contributed by atoms with Crippen molar-refractivity contribution in [2.45, 2.75) is 5.76 Å². The van der Waals surface area contributed by atoms with Crippen LogP contribution in [0.25, 0.3) is 0 Å². The Labute approximate surface area is 138 Å². The molecule has 23 heavy (non-hydrogen) atoms. The maximum Gasteiger partial charge on any atom is 0.350 e. The molecule has 0 aliphatic carbocycles. The first-order valence-electron chi connectivity index (χ1n) is 6.82. The minimum absolute atomic E-state index is 0.0113. The summed E-state index contributed by atoms with van der Waals surface area (Å²) >= 11 is 5.40. The lowest BCUT2D eigenvalue weighted by Crippen LogP contribution is -2.50. The average molecular weight is 368 g/mol. The van der Waals surface area contributed by atoms with Crippen LogP contribution in [0.5, 0.6) is 0 Å². The highest BCUT2D eigenvalue weighted by molar-refractivity contribution is 7.89. The van der Waals surface area contributed by atoms with Crippen molar-refractivity contribution < 1.29 is 22.0 Å². The molecular weight excluding hydrogens is 352 g/mol. The van der Waals surface area contributed by atoms with Crippen molar-refractivity contribution in [2.75, 3.05) is 42.3 Å². The molecule has 1 fully saturated rings. The Bertz CT molecular complexity index is 647. The van der Waals surface area contributed by atoms with Gasteiger partial charge in [0.25, 0.3) is 10.0 Å². The second-order valence-corrected chi connectivity index (χ2v) is 7.09. The van der Waals surface area contributed by atoms with Crippen LogP contribution in [0.4, 0.5) is 20.2 Å². The van der Waals surface area contributed by atoms with Gasteiger partial charge in [0.2, 0.25) is 5.91 Å². The third kappa shape index (κ3) is 4.30. The number of rotatable bonds is 5. The SMILES string of the molecule is O=C(CCl)Nc1ccc(N2CCN(S(=O)(=O)C(F)F)CC2)cc1. The quantitative estimate of drug-likeness (QED) is 0.801. The fraction of sp³-hybridized carbons (Fsp3) is 0.462. The van der Waals surface area contributed by atoms with Gasteiger partial charge in [-0.1, -0.05) is 0 Å². The number of halogens is 3. The second kappa shape index (κ2) is 7.41. The molecule has 1 saturated heterocycles. The Morgan fingerprint density at radius 2 is 1.74 bits per heavy atom. The van der Waals surface area contributed by atoms with Gasteiger partial charge >= 0.3 is 5.76 Å². The molecule has 1 heterocycles. The smallest absolute Gasteiger partial charge is 0.350 e. The lowest BCUT2D eigenvalue weighted by molar-refractivity contribution is -0.113. The normalized spacial score (nSPS) is 16.6. The fourth-order valence-corrected chi connectivity index (χ4v) is 3.23. The van der Waals surface area contributed by atoms with Gasteiger partial charge < -0.3 is 10.2 Å². The molecular formula is C13H16ClF2N3O3S. The number of nitrogens with one attached hydrogen (secondary N) is 1. The van der Waals surface area contributed by atoms with E-state index in [0.29, 0.717) is 18.8 Å². The Balaban J connectivity index is 1.96.